The fraction of sp³-hybridized carbons (Fsp3) is 0.500. The topological polar surface area (TPSA) is 40.5 Å². The summed E-state index contributed by atoms with van der Waals surface area (Å²) in [6, 6.07) is 3.23. The highest BCUT2D eigenvalue weighted by molar-refractivity contribution is 5.88. The zero-order chi connectivity index (χ0) is 14.8. The number of benzene rings is 1. The average molecular weight is 287 g/mol. The molecule has 2 rings (SSSR count). The van der Waals surface area contributed by atoms with Gasteiger partial charge in [-0.25, -0.2) is 4.79 Å². The molecule has 1 aliphatic rings. The van der Waals surface area contributed by atoms with Crippen LogP contribution in [0.25, 0.3) is 0 Å². The minimum atomic E-state index is -4.55. The molecule has 0 spiro atoms. The fourth-order valence-electron chi connectivity index (χ4n) is 2.48. The Balaban J connectivity index is 2.43. The van der Waals surface area contributed by atoms with Crippen LogP contribution in [0.3, 0.4) is 0 Å². The van der Waals surface area contributed by atoms with Gasteiger partial charge in [0.05, 0.1) is 11.1 Å². The molecule has 0 radical (unpaired) electrons. The molecule has 1 aliphatic heterocycles. The molecular formula is C14H16F3NO2. The molecule has 1 aromatic carbocycles. The molecule has 0 aromatic heterocycles. The number of nitrogens with zero attached hydrogens (tertiary/aromatic N) is 1. The molecule has 20 heavy (non-hydrogen) atoms. The first kappa shape index (κ1) is 14.7. The normalized spacial score (nSPS) is 16.9. The predicted molar refractivity (Wildman–Crippen MR) is 69.1 cm³/mol. The second-order valence-electron chi connectivity index (χ2n) is 4.94. The molecule has 0 aliphatic carbocycles. The van der Waals surface area contributed by atoms with Crippen molar-refractivity contribution in [1.82, 2.24) is 0 Å². The number of halogens is 3. The van der Waals surface area contributed by atoms with E-state index in [0.717, 1.165) is 31.7 Å². The van der Waals surface area contributed by atoms with Crippen LogP contribution in [0.2, 0.25) is 0 Å². The Morgan fingerprint density at radius 3 is 2.20 bits per heavy atom. The van der Waals surface area contributed by atoms with Crippen molar-refractivity contribution in [1.29, 1.82) is 0 Å². The van der Waals surface area contributed by atoms with Crippen molar-refractivity contribution < 1.29 is 23.1 Å². The molecular weight excluding hydrogens is 271 g/mol. The second kappa shape index (κ2) is 5.73. The van der Waals surface area contributed by atoms with Gasteiger partial charge in [0.15, 0.2) is 0 Å². The molecule has 1 N–H and O–H groups in total. The number of hydrogen-bond donors (Lipinski definition) is 1. The average Bonchev–Trinajstić information content (AvgIpc) is 2.65. The number of carbonyl (C=O) groups is 1. The highest BCUT2D eigenvalue weighted by Crippen LogP contribution is 2.38. The Hall–Kier alpha value is -1.72. The number of rotatable bonds is 2. The maximum Gasteiger partial charge on any atom is 0.418 e. The maximum atomic E-state index is 13.1. The Kier molecular flexibility index (Phi) is 4.20. The minimum absolute atomic E-state index is 0.0874. The first-order chi connectivity index (χ1) is 9.39. The van der Waals surface area contributed by atoms with Gasteiger partial charge in [-0.3, -0.25) is 0 Å². The molecule has 0 amide bonds. The van der Waals surface area contributed by atoms with Crippen molar-refractivity contribution in [2.24, 2.45) is 0 Å². The highest BCUT2D eigenvalue weighted by atomic mass is 19.4. The molecule has 1 aromatic rings. The van der Waals surface area contributed by atoms with Gasteiger partial charge >= 0.3 is 12.1 Å². The summed E-state index contributed by atoms with van der Waals surface area (Å²) in [7, 11) is 0. The molecule has 6 heteroatoms. The van der Waals surface area contributed by atoms with Crippen LogP contribution < -0.4 is 4.90 Å². The van der Waals surface area contributed by atoms with E-state index in [-0.39, 0.29) is 11.3 Å². The van der Waals surface area contributed by atoms with Gasteiger partial charge in [0, 0.05) is 18.8 Å². The van der Waals surface area contributed by atoms with Crippen molar-refractivity contribution in [3.05, 3.63) is 29.3 Å². The monoisotopic (exact) mass is 287 g/mol. The van der Waals surface area contributed by atoms with Gasteiger partial charge in [0.25, 0.3) is 0 Å². The number of aromatic carboxylic acids is 1. The van der Waals surface area contributed by atoms with Crippen LogP contribution in [-0.4, -0.2) is 24.2 Å². The van der Waals surface area contributed by atoms with Crippen LogP contribution in [0.4, 0.5) is 18.9 Å². The van der Waals surface area contributed by atoms with E-state index in [1.807, 2.05) is 0 Å². The molecule has 0 atom stereocenters. The zero-order valence-electron chi connectivity index (χ0n) is 10.9. The van der Waals surface area contributed by atoms with E-state index in [2.05, 4.69) is 0 Å². The first-order valence-electron chi connectivity index (χ1n) is 6.59. The minimum Gasteiger partial charge on any atom is -0.478 e. The van der Waals surface area contributed by atoms with Gasteiger partial charge in [-0.05, 0) is 31.0 Å². The van der Waals surface area contributed by atoms with Gasteiger partial charge in [0.1, 0.15) is 0 Å². The number of hydrogen-bond acceptors (Lipinski definition) is 2. The predicted octanol–water partition coefficient (Wildman–Crippen LogP) is 3.78. The van der Waals surface area contributed by atoms with Crippen LogP contribution in [0.1, 0.15) is 41.6 Å². The Morgan fingerprint density at radius 2 is 1.70 bits per heavy atom. The molecule has 110 valence electrons. The molecule has 1 fully saturated rings. The lowest BCUT2D eigenvalue weighted by atomic mass is 10.1. The van der Waals surface area contributed by atoms with E-state index in [0.29, 0.717) is 13.1 Å². The number of anilines is 1. The molecule has 1 heterocycles. The number of carboxylic acid groups (broad SMARTS) is 1. The molecule has 1 saturated heterocycles. The summed E-state index contributed by atoms with van der Waals surface area (Å²) >= 11 is 0. The lowest BCUT2D eigenvalue weighted by Gasteiger charge is -2.26. The highest BCUT2D eigenvalue weighted by Gasteiger charge is 2.35. The summed E-state index contributed by atoms with van der Waals surface area (Å²) in [6.07, 6.45) is -0.792. The van der Waals surface area contributed by atoms with Crippen LogP contribution >= 0.6 is 0 Å². The molecule has 3 nitrogen and oxygen atoms in total. The van der Waals surface area contributed by atoms with E-state index in [4.69, 9.17) is 5.11 Å². The van der Waals surface area contributed by atoms with Crippen molar-refractivity contribution in [3.8, 4) is 0 Å². The van der Waals surface area contributed by atoms with E-state index in [9.17, 15) is 18.0 Å². The zero-order valence-corrected chi connectivity index (χ0v) is 10.9. The SMILES string of the molecule is O=C(O)c1ccc(N2CCCCCC2)c(C(F)(F)F)c1. The van der Waals surface area contributed by atoms with Crippen LogP contribution in [0, 0.1) is 0 Å². The van der Waals surface area contributed by atoms with E-state index >= 15 is 0 Å². The van der Waals surface area contributed by atoms with Gasteiger partial charge < -0.3 is 10.0 Å². The van der Waals surface area contributed by atoms with Crippen molar-refractivity contribution in [3.63, 3.8) is 0 Å². The van der Waals surface area contributed by atoms with Crippen molar-refractivity contribution in [2.45, 2.75) is 31.9 Å². The largest absolute Gasteiger partial charge is 0.478 e. The third-order valence-corrected chi connectivity index (χ3v) is 3.50. The maximum absolute atomic E-state index is 13.1. The Bertz CT molecular complexity index is 492. The summed E-state index contributed by atoms with van der Waals surface area (Å²) in [4.78, 5) is 12.6. The van der Waals surface area contributed by atoms with Crippen LogP contribution in [0.5, 0.6) is 0 Å². The van der Waals surface area contributed by atoms with Crippen LogP contribution in [-0.2, 0) is 6.18 Å². The third-order valence-electron chi connectivity index (χ3n) is 3.50. The van der Waals surface area contributed by atoms with Crippen molar-refractivity contribution >= 4 is 11.7 Å². The summed E-state index contributed by atoms with van der Waals surface area (Å²) in [5.41, 5.74) is -1.11. The van der Waals surface area contributed by atoms with Crippen molar-refractivity contribution in [2.75, 3.05) is 18.0 Å². The second-order valence-corrected chi connectivity index (χ2v) is 4.94. The molecule has 0 unspecified atom stereocenters. The summed E-state index contributed by atoms with van der Waals surface area (Å²) < 4.78 is 39.4. The Labute approximate surface area is 115 Å². The first-order valence-corrected chi connectivity index (χ1v) is 6.59. The van der Waals surface area contributed by atoms with Crippen LogP contribution in [0.15, 0.2) is 18.2 Å². The molecule has 0 bridgehead atoms. The standard InChI is InChI=1S/C14H16F3NO2/c15-14(16,17)11-9-10(13(19)20)5-6-12(11)18-7-3-1-2-4-8-18/h5-6,9H,1-4,7-8H2,(H,19,20). The van der Waals surface area contributed by atoms with Gasteiger partial charge in [-0.1, -0.05) is 12.8 Å². The van der Waals surface area contributed by atoms with Gasteiger partial charge in [-0.2, -0.15) is 13.2 Å². The summed E-state index contributed by atoms with van der Waals surface area (Å²) in [5.74, 6) is -1.35. The number of carboxylic acids is 1. The smallest absolute Gasteiger partial charge is 0.418 e. The quantitative estimate of drug-likeness (QED) is 0.899. The summed E-state index contributed by atoms with van der Waals surface area (Å²) in [5, 5.41) is 8.84. The lowest BCUT2D eigenvalue weighted by Crippen LogP contribution is -2.27. The third kappa shape index (κ3) is 3.23. The van der Waals surface area contributed by atoms with Gasteiger partial charge in [-0.15, -0.1) is 0 Å². The van der Waals surface area contributed by atoms with E-state index in [1.54, 1.807) is 4.90 Å². The summed E-state index contributed by atoms with van der Waals surface area (Å²) in [6.45, 7) is 1.16. The van der Waals surface area contributed by atoms with E-state index < -0.39 is 17.7 Å². The molecule has 0 saturated carbocycles. The van der Waals surface area contributed by atoms with Gasteiger partial charge in [0.2, 0.25) is 0 Å². The Morgan fingerprint density at radius 1 is 1.10 bits per heavy atom. The fourth-order valence-corrected chi connectivity index (χ4v) is 2.48. The number of alkyl halides is 3. The van der Waals surface area contributed by atoms with E-state index in [1.165, 1.54) is 12.1 Å². The lowest BCUT2D eigenvalue weighted by molar-refractivity contribution is -0.137.